The van der Waals surface area contributed by atoms with Gasteiger partial charge in [-0.2, -0.15) is 10.2 Å². The maximum Gasteiger partial charge on any atom is 0.246 e. The zero-order chi connectivity index (χ0) is 40.5. The van der Waals surface area contributed by atoms with Gasteiger partial charge in [0, 0.05) is 36.3 Å². The number of phenolic OH excluding ortho intramolecular Hbond substituents is 1. The van der Waals surface area contributed by atoms with Gasteiger partial charge in [-0.3, -0.25) is 24.1 Å². The molecule has 10 nitrogen and oxygen atoms in total. The quantitative estimate of drug-likeness (QED) is 0.0997. The van der Waals surface area contributed by atoms with Crippen molar-refractivity contribution in [1.82, 2.24) is 0 Å². The third kappa shape index (κ3) is 5.68. The fourth-order valence-electron chi connectivity index (χ4n) is 9.86. The second kappa shape index (κ2) is 14.2. The Morgan fingerprint density at radius 3 is 2.07 bits per heavy atom. The van der Waals surface area contributed by atoms with Gasteiger partial charge >= 0.3 is 0 Å². The number of phenols is 1. The highest BCUT2D eigenvalue weighted by Gasteiger charge is 2.70. The largest absolute Gasteiger partial charge is 0.507 e. The van der Waals surface area contributed by atoms with Crippen molar-refractivity contribution in [2.75, 3.05) is 28.8 Å². The van der Waals surface area contributed by atoms with Crippen LogP contribution < -0.4 is 14.7 Å². The first-order valence-corrected chi connectivity index (χ1v) is 19.7. The van der Waals surface area contributed by atoms with Crippen LogP contribution in [-0.2, 0) is 24.6 Å². The molecule has 2 aliphatic carbocycles. The van der Waals surface area contributed by atoms with Crippen molar-refractivity contribution in [1.29, 1.82) is 0 Å². The average molecular weight is 790 g/mol. The average Bonchev–Trinajstić information content (AvgIpc) is 3.62. The van der Waals surface area contributed by atoms with Gasteiger partial charge in [-0.15, -0.1) is 0 Å². The minimum Gasteiger partial charge on any atom is -0.507 e. The standard InChI is InChI=1S/C47H40ClN5O5/c1-27-9-7-14-37(42(27)54)41-35-23-24-36-40(45(57)52(43(36)55)33-21-17-31(18-22-33)50-49-30-15-19-32(20-16-30)51(2)3)38(35)26-39-44(56)53(34-13-8-12-29(48)25-34)46(58)47(39,41)28-10-5-4-6-11-28/h4-23,25,36,38-41,54H,24,26H2,1-3H3/t36-,38+,39-,40-,41+,47+/m0/s1. The Labute approximate surface area is 341 Å². The SMILES string of the molecule is Cc1cccc([C@H]2C3=CC[C@@H]4C(=O)N(c5ccc(N=Nc6ccc(N(C)C)cc6)cc5)C(=O)[C@@H]4[C@@H]3C[C@H]3C(=O)N(c4cccc(Cl)c4)C(=O)[C@@]23c2ccccc2)c1O. The lowest BCUT2D eigenvalue weighted by atomic mass is 9.49. The summed E-state index contributed by atoms with van der Waals surface area (Å²) in [5, 5.41) is 20.9. The summed E-state index contributed by atoms with van der Waals surface area (Å²) in [5.74, 6) is -5.30. The van der Waals surface area contributed by atoms with E-state index in [0.29, 0.717) is 44.5 Å². The van der Waals surface area contributed by atoms with Crippen LogP contribution in [-0.4, -0.2) is 42.8 Å². The van der Waals surface area contributed by atoms with E-state index < -0.39 is 46.8 Å². The highest BCUT2D eigenvalue weighted by molar-refractivity contribution is 6.32. The number of aromatic hydroxyl groups is 1. The number of benzene rings is 5. The van der Waals surface area contributed by atoms with Gasteiger partial charge < -0.3 is 10.0 Å². The molecule has 0 spiro atoms. The molecule has 11 heteroatoms. The molecule has 2 heterocycles. The molecule has 58 heavy (non-hydrogen) atoms. The van der Waals surface area contributed by atoms with Crippen molar-refractivity contribution in [3.05, 3.63) is 155 Å². The second-order valence-electron chi connectivity index (χ2n) is 15.7. The molecule has 4 amide bonds. The topological polar surface area (TPSA) is 123 Å². The van der Waals surface area contributed by atoms with Crippen LogP contribution in [0, 0.1) is 30.6 Å². The van der Waals surface area contributed by atoms with Crippen molar-refractivity contribution in [2.45, 2.75) is 31.1 Å². The van der Waals surface area contributed by atoms with Crippen LogP contribution in [0.2, 0.25) is 5.02 Å². The normalized spacial score (nSPS) is 25.2. The number of aryl methyl sites for hydroxylation is 1. The van der Waals surface area contributed by atoms with Crippen molar-refractivity contribution < 1.29 is 24.3 Å². The Hall–Kier alpha value is -6.39. The summed E-state index contributed by atoms with van der Waals surface area (Å²) in [6, 6.07) is 35.9. The first kappa shape index (κ1) is 37.2. The van der Waals surface area contributed by atoms with E-state index in [-0.39, 0.29) is 30.4 Å². The van der Waals surface area contributed by atoms with Crippen molar-refractivity contribution in [3.8, 4) is 5.75 Å². The molecule has 5 aromatic rings. The molecule has 0 radical (unpaired) electrons. The molecule has 1 saturated carbocycles. The monoisotopic (exact) mass is 789 g/mol. The number of anilines is 3. The van der Waals surface area contributed by atoms with Crippen molar-refractivity contribution in [3.63, 3.8) is 0 Å². The maximum atomic E-state index is 15.4. The minimum absolute atomic E-state index is 0.0185. The van der Waals surface area contributed by atoms with E-state index >= 15 is 4.79 Å². The predicted molar refractivity (Wildman–Crippen MR) is 223 cm³/mol. The lowest BCUT2D eigenvalue weighted by molar-refractivity contribution is -0.127. The maximum absolute atomic E-state index is 15.4. The third-order valence-electron chi connectivity index (χ3n) is 12.5. The molecule has 4 aliphatic rings. The second-order valence-corrected chi connectivity index (χ2v) is 16.2. The summed E-state index contributed by atoms with van der Waals surface area (Å²) in [5.41, 5.74) is 4.07. The Morgan fingerprint density at radius 2 is 1.40 bits per heavy atom. The van der Waals surface area contributed by atoms with E-state index in [2.05, 4.69) is 10.2 Å². The van der Waals surface area contributed by atoms with Crippen LogP contribution in [0.1, 0.15) is 35.4 Å². The molecule has 0 aromatic heterocycles. The number of azo groups is 1. The number of para-hydroxylation sites is 1. The lowest BCUT2D eigenvalue weighted by Crippen LogP contribution is -2.53. The van der Waals surface area contributed by atoms with Gasteiger partial charge in [0.25, 0.3) is 0 Å². The number of carbonyl (C=O) groups is 4. The molecule has 3 fully saturated rings. The van der Waals surface area contributed by atoms with Gasteiger partial charge in [-0.1, -0.05) is 77.8 Å². The number of halogens is 1. The van der Waals surface area contributed by atoms with Crippen LogP contribution in [0.25, 0.3) is 0 Å². The first-order valence-electron chi connectivity index (χ1n) is 19.4. The number of imide groups is 2. The molecular formula is C47H40ClN5O5. The molecule has 2 saturated heterocycles. The lowest BCUT2D eigenvalue weighted by Gasteiger charge is -2.50. The third-order valence-corrected chi connectivity index (χ3v) is 12.7. The van der Waals surface area contributed by atoms with Crippen LogP contribution in [0.3, 0.4) is 0 Å². The van der Waals surface area contributed by atoms with E-state index in [4.69, 9.17) is 11.6 Å². The Bertz CT molecular complexity index is 2560. The molecule has 0 bridgehead atoms. The van der Waals surface area contributed by atoms with Crippen LogP contribution in [0.15, 0.2) is 143 Å². The summed E-state index contributed by atoms with van der Waals surface area (Å²) >= 11 is 6.43. The van der Waals surface area contributed by atoms with Gasteiger partial charge in [-0.25, -0.2) is 4.90 Å². The smallest absolute Gasteiger partial charge is 0.246 e. The number of amides is 4. The molecule has 0 unspecified atom stereocenters. The summed E-state index contributed by atoms with van der Waals surface area (Å²) in [6.07, 6.45) is 2.39. The number of hydrogen-bond donors (Lipinski definition) is 1. The number of carbonyl (C=O) groups excluding carboxylic acids is 4. The van der Waals surface area contributed by atoms with Gasteiger partial charge in [-0.05, 0) is 104 Å². The molecule has 290 valence electrons. The fourth-order valence-corrected chi connectivity index (χ4v) is 10.0. The zero-order valence-corrected chi connectivity index (χ0v) is 32.9. The summed E-state index contributed by atoms with van der Waals surface area (Å²) in [6.45, 7) is 1.79. The summed E-state index contributed by atoms with van der Waals surface area (Å²) in [4.78, 5) is 63.9. The number of rotatable bonds is 7. The minimum atomic E-state index is -1.48. The first-order chi connectivity index (χ1) is 28.0. The van der Waals surface area contributed by atoms with Crippen LogP contribution in [0.5, 0.6) is 5.75 Å². The number of hydrogen-bond acceptors (Lipinski definition) is 8. The van der Waals surface area contributed by atoms with Gasteiger partial charge in [0.05, 0.1) is 45.9 Å². The number of fused-ring (bicyclic) bond motifs is 4. The van der Waals surface area contributed by atoms with E-state index in [9.17, 15) is 19.5 Å². The van der Waals surface area contributed by atoms with E-state index in [1.165, 1.54) is 9.80 Å². The highest BCUT2D eigenvalue weighted by atomic mass is 35.5. The van der Waals surface area contributed by atoms with Crippen LogP contribution in [0.4, 0.5) is 28.4 Å². The molecule has 2 aliphatic heterocycles. The van der Waals surface area contributed by atoms with Crippen molar-refractivity contribution >= 4 is 63.7 Å². The molecule has 5 aromatic carbocycles. The van der Waals surface area contributed by atoms with E-state index in [1.54, 1.807) is 67.6 Å². The Morgan fingerprint density at radius 1 is 0.724 bits per heavy atom. The molecule has 9 rings (SSSR count). The fraction of sp³-hybridized carbons (Fsp3) is 0.234. The molecular weight excluding hydrogens is 750 g/mol. The van der Waals surface area contributed by atoms with Gasteiger partial charge in [0.1, 0.15) is 5.75 Å². The summed E-state index contributed by atoms with van der Waals surface area (Å²) < 4.78 is 0. The highest BCUT2D eigenvalue weighted by Crippen LogP contribution is 2.65. The van der Waals surface area contributed by atoms with Gasteiger partial charge in [0.2, 0.25) is 23.6 Å². The van der Waals surface area contributed by atoms with E-state index in [1.807, 2.05) is 85.7 Å². The Kier molecular flexibility index (Phi) is 9.12. The predicted octanol–water partition coefficient (Wildman–Crippen LogP) is 9.20. The molecule has 6 atom stereocenters. The van der Waals surface area contributed by atoms with Crippen LogP contribution >= 0.6 is 11.6 Å². The van der Waals surface area contributed by atoms with E-state index in [0.717, 1.165) is 11.3 Å². The zero-order valence-electron chi connectivity index (χ0n) is 32.1. The number of allylic oxidation sites excluding steroid dienone is 2. The molecule has 1 N–H and O–H groups in total. The Balaban J connectivity index is 1.12. The summed E-state index contributed by atoms with van der Waals surface area (Å²) in [7, 11) is 3.93. The van der Waals surface area contributed by atoms with Crippen molar-refractivity contribution in [2.24, 2.45) is 33.9 Å². The number of nitrogens with zero attached hydrogens (tertiary/aromatic N) is 5. The van der Waals surface area contributed by atoms with Gasteiger partial charge in [0.15, 0.2) is 0 Å².